The van der Waals surface area contributed by atoms with E-state index in [0.29, 0.717) is 42.2 Å². The number of benzene rings is 2. The lowest BCUT2D eigenvalue weighted by Gasteiger charge is -2.36. The van der Waals surface area contributed by atoms with Crippen molar-refractivity contribution in [3.05, 3.63) is 107 Å². The molecule has 2 aliphatic heterocycles. The molecule has 6 heterocycles. The topological polar surface area (TPSA) is 102 Å². The van der Waals surface area contributed by atoms with Gasteiger partial charge in [0.1, 0.15) is 35.4 Å². The molecular weight excluding hydrogens is 735 g/mol. The highest BCUT2D eigenvalue weighted by Crippen LogP contribution is 2.48. The average molecular weight is 777 g/mol. The number of halogens is 2. The van der Waals surface area contributed by atoms with Crippen LogP contribution in [0.15, 0.2) is 72.8 Å². The molecule has 0 saturated carbocycles. The van der Waals surface area contributed by atoms with Crippen molar-refractivity contribution >= 4 is 33.2 Å². The van der Waals surface area contributed by atoms with Gasteiger partial charge in [0, 0.05) is 73.8 Å². The van der Waals surface area contributed by atoms with Crippen LogP contribution < -0.4 is 4.74 Å². The molecule has 8 rings (SSSR count). The number of hydrogen-bond donors (Lipinski definition) is 0. The Bertz CT molecular complexity index is 2540. The van der Waals surface area contributed by atoms with Crippen molar-refractivity contribution < 1.29 is 23.1 Å². The van der Waals surface area contributed by atoms with Crippen molar-refractivity contribution in [1.29, 1.82) is 0 Å². The van der Waals surface area contributed by atoms with Crippen molar-refractivity contribution in [2.24, 2.45) is 7.05 Å². The third kappa shape index (κ3) is 6.36. The van der Waals surface area contributed by atoms with Crippen molar-refractivity contribution in [1.82, 2.24) is 39.2 Å². The van der Waals surface area contributed by atoms with E-state index in [0.717, 1.165) is 44.2 Å². The van der Waals surface area contributed by atoms with E-state index in [2.05, 4.69) is 28.7 Å². The summed E-state index contributed by atoms with van der Waals surface area (Å²) in [5, 5.41) is 12.0. The maximum Gasteiger partial charge on any atom is 0.246 e. The molecular formula is C42H42F2N8O3S. The van der Waals surface area contributed by atoms with Gasteiger partial charge >= 0.3 is 0 Å². The number of fused-ring (bicyclic) bond motifs is 3. The molecule has 3 atom stereocenters. The fourth-order valence-electron chi connectivity index (χ4n) is 7.97. The summed E-state index contributed by atoms with van der Waals surface area (Å²) in [4.78, 5) is 36.7. The lowest BCUT2D eigenvalue weighted by molar-refractivity contribution is -0.134. The summed E-state index contributed by atoms with van der Waals surface area (Å²) < 4.78 is 42.0. The number of ether oxygens (including phenoxy) is 1. The van der Waals surface area contributed by atoms with E-state index in [1.165, 1.54) is 23.5 Å². The molecule has 2 amide bonds. The van der Waals surface area contributed by atoms with Gasteiger partial charge in [-0.1, -0.05) is 18.7 Å². The van der Waals surface area contributed by atoms with Gasteiger partial charge in [0.05, 0.1) is 40.8 Å². The van der Waals surface area contributed by atoms with E-state index in [4.69, 9.17) is 14.8 Å². The molecule has 0 spiro atoms. The number of amides is 2. The van der Waals surface area contributed by atoms with E-state index >= 15 is 8.78 Å². The zero-order valence-corrected chi connectivity index (χ0v) is 32.9. The highest BCUT2D eigenvalue weighted by Gasteiger charge is 2.35. The molecule has 0 saturated heterocycles. The average Bonchev–Trinajstić information content (AvgIpc) is 3.94. The highest BCUT2D eigenvalue weighted by molar-refractivity contribution is 7.18. The van der Waals surface area contributed by atoms with Gasteiger partial charge in [0.2, 0.25) is 11.8 Å². The van der Waals surface area contributed by atoms with Crippen LogP contribution in [0, 0.1) is 11.6 Å². The fourth-order valence-corrected chi connectivity index (χ4v) is 8.92. The Kier molecular flexibility index (Phi) is 9.57. The standard InChI is InChI=1S/C42H42F2N8O3S/c1-8-36(53)51-20-23(2)52-33(24(51)3)19-32(47-52)40-38(37-31(44)17-28(43)18-35(37)55-22-29-11-13-45-50(29)7)41-30(12-14-56-41)39(46-40)26-10-9-25-16-34(42(54)48(4)5)49(6)21-27(25)15-26/h8-15,17-19,23-24,34H,1,16,20-22H2,2-7H3/t23-,24+,34-/m0/s1. The number of hydrogen-bond acceptors (Lipinski definition) is 8. The second-order valence-electron chi connectivity index (χ2n) is 14.8. The van der Waals surface area contributed by atoms with Crippen molar-refractivity contribution in [3.63, 3.8) is 0 Å². The molecule has 11 nitrogen and oxygen atoms in total. The van der Waals surface area contributed by atoms with Crippen LogP contribution in [0.4, 0.5) is 8.78 Å². The normalized spacial score (nSPS) is 18.1. The highest BCUT2D eigenvalue weighted by atomic mass is 32.1. The van der Waals surface area contributed by atoms with Crippen molar-refractivity contribution in [3.8, 4) is 39.5 Å². The number of thiophene rings is 1. The van der Waals surface area contributed by atoms with Gasteiger partial charge < -0.3 is 14.5 Å². The van der Waals surface area contributed by atoms with Gasteiger partial charge in [-0.15, -0.1) is 11.3 Å². The molecule has 0 bridgehead atoms. The molecule has 14 heteroatoms. The van der Waals surface area contributed by atoms with E-state index in [9.17, 15) is 9.59 Å². The fraction of sp³-hybridized carbons (Fsp3) is 0.310. The van der Waals surface area contributed by atoms with Crippen LogP contribution in [0.25, 0.3) is 43.9 Å². The number of pyridine rings is 1. The van der Waals surface area contributed by atoms with Crippen LogP contribution >= 0.6 is 11.3 Å². The zero-order valence-electron chi connectivity index (χ0n) is 32.1. The van der Waals surface area contributed by atoms with Crippen LogP contribution in [-0.2, 0) is 36.2 Å². The molecule has 0 unspecified atom stereocenters. The molecule has 6 aromatic rings. The number of likely N-dealkylation sites (N-methyl/N-ethyl adjacent to an activating group) is 2. The Morgan fingerprint density at radius 1 is 1.04 bits per heavy atom. The predicted molar refractivity (Wildman–Crippen MR) is 212 cm³/mol. The minimum Gasteiger partial charge on any atom is -0.486 e. The molecule has 0 fully saturated rings. The van der Waals surface area contributed by atoms with Gasteiger partial charge in [-0.25, -0.2) is 13.8 Å². The van der Waals surface area contributed by atoms with Crippen LogP contribution in [0.5, 0.6) is 5.75 Å². The first-order valence-corrected chi connectivity index (χ1v) is 19.3. The number of rotatable bonds is 8. The van der Waals surface area contributed by atoms with Crippen molar-refractivity contribution in [2.45, 2.75) is 51.5 Å². The minimum absolute atomic E-state index is 0.0151. The molecule has 288 valence electrons. The molecule has 0 N–H and O–H groups in total. The molecule has 4 aromatic heterocycles. The third-order valence-electron chi connectivity index (χ3n) is 11.0. The van der Waals surface area contributed by atoms with Gasteiger partial charge in [0.25, 0.3) is 0 Å². The largest absolute Gasteiger partial charge is 0.486 e. The first kappa shape index (κ1) is 37.2. The summed E-state index contributed by atoms with van der Waals surface area (Å²) in [5.74, 6) is -1.69. The maximum absolute atomic E-state index is 16.5. The maximum atomic E-state index is 16.5. The van der Waals surface area contributed by atoms with Gasteiger partial charge in [-0.3, -0.25) is 23.9 Å². The van der Waals surface area contributed by atoms with Gasteiger partial charge in [-0.2, -0.15) is 10.2 Å². The Hall–Kier alpha value is -5.73. The molecule has 2 aliphatic rings. The van der Waals surface area contributed by atoms with E-state index < -0.39 is 11.6 Å². The first-order valence-electron chi connectivity index (χ1n) is 18.4. The lowest BCUT2D eigenvalue weighted by atomic mass is 9.90. The van der Waals surface area contributed by atoms with Gasteiger partial charge in [-0.05, 0) is 74.2 Å². The van der Waals surface area contributed by atoms with Crippen LogP contribution in [0.3, 0.4) is 0 Å². The number of aromatic nitrogens is 5. The van der Waals surface area contributed by atoms with Crippen molar-refractivity contribution in [2.75, 3.05) is 27.7 Å². The van der Waals surface area contributed by atoms with E-state index in [1.807, 2.05) is 49.2 Å². The van der Waals surface area contributed by atoms with Gasteiger partial charge in [0.15, 0.2) is 0 Å². The second-order valence-corrected chi connectivity index (χ2v) is 15.7. The summed E-state index contributed by atoms with van der Waals surface area (Å²) in [6, 6.07) is 13.1. The number of carbonyl (C=O) groups is 2. The second kappa shape index (κ2) is 14.4. The Morgan fingerprint density at radius 3 is 2.57 bits per heavy atom. The van der Waals surface area contributed by atoms with E-state index in [-0.39, 0.29) is 47.9 Å². The SMILES string of the molecule is C=CC(=O)N1C[C@H](C)n2nc(-c3nc(-c4ccc5c(c4)CN(C)[C@H](C(=O)N(C)C)C5)c4ccsc4c3-c3c(F)cc(F)cc3OCc3ccnn3C)cc2[C@H]1C. The predicted octanol–water partition coefficient (Wildman–Crippen LogP) is 7.18. The summed E-state index contributed by atoms with van der Waals surface area (Å²) in [6.45, 7) is 8.66. The Labute approximate surface area is 327 Å². The van der Waals surface area contributed by atoms with E-state index in [1.54, 1.807) is 47.9 Å². The number of nitrogens with zero attached hydrogens (tertiary/aromatic N) is 8. The van der Waals surface area contributed by atoms with Crippen LogP contribution in [-0.4, -0.2) is 84.8 Å². The summed E-state index contributed by atoms with van der Waals surface area (Å²) in [7, 11) is 7.28. The first-order chi connectivity index (χ1) is 26.8. The summed E-state index contributed by atoms with van der Waals surface area (Å²) in [5.41, 5.74) is 6.57. The summed E-state index contributed by atoms with van der Waals surface area (Å²) in [6.07, 6.45) is 3.53. The minimum atomic E-state index is -0.803. The quantitative estimate of drug-likeness (QED) is 0.151. The molecule has 2 aromatic carbocycles. The lowest BCUT2D eigenvalue weighted by Crippen LogP contribution is -2.48. The Balaban J connectivity index is 1.34. The van der Waals surface area contributed by atoms with Crippen LogP contribution in [0.1, 0.15) is 48.4 Å². The zero-order chi connectivity index (χ0) is 39.6. The number of carbonyl (C=O) groups excluding carboxylic acids is 2. The monoisotopic (exact) mass is 776 g/mol. The van der Waals surface area contributed by atoms with Crippen LogP contribution in [0.2, 0.25) is 0 Å². The Morgan fingerprint density at radius 2 is 1.84 bits per heavy atom. The molecule has 0 radical (unpaired) electrons. The summed E-state index contributed by atoms with van der Waals surface area (Å²) >= 11 is 1.43. The smallest absolute Gasteiger partial charge is 0.246 e. The molecule has 56 heavy (non-hydrogen) atoms. The third-order valence-corrected chi connectivity index (χ3v) is 11.9. The number of aryl methyl sites for hydroxylation is 1. The molecule has 0 aliphatic carbocycles.